The van der Waals surface area contributed by atoms with Crippen LogP contribution in [0.1, 0.15) is 6.42 Å². The predicted octanol–water partition coefficient (Wildman–Crippen LogP) is -1.73. The Bertz CT molecular complexity index is 333. The first kappa shape index (κ1) is 12.4. The molecule has 3 N–H and O–H groups in total. The third-order valence-electron chi connectivity index (χ3n) is 2.26. The van der Waals surface area contributed by atoms with Gasteiger partial charge in [-0.05, 0) is 6.42 Å². The van der Waals surface area contributed by atoms with Crippen molar-refractivity contribution in [3.8, 4) is 0 Å². The molecule has 1 saturated heterocycles. The summed E-state index contributed by atoms with van der Waals surface area (Å²) in [4.78, 5) is 11.5. The van der Waals surface area contributed by atoms with Gasteiger partial charge in [-0.1, -0.05) is 0 Å². The first-order valence-electron chi connectivity index (χ1n) is 4.66. The van der Waals surface area contributed by atoms with E-state index in [1.54, 1.807) is 0 Å². The Morgan fingerprint density at radius 1 is 1.60 bits per heavy atom. The molecule has 0 aromatic heterocycles. The Morgan fingerprint density at radius 3 is 2.73 bits per heavy atom. The van der Waals surface area contributed by atoms with Gasteiger partial charge in [-0.2, -0.15) is 0 Å². The van der Waals surface area contributed by atoms with Gasteiger partial charge in [-0.3, -0.25) is 4.79 Å². The number of nitrogens with one attached hydrogen (secondary N) is 1. The first-order chi connectivity index (χ1) is 6.83. The number of nitrogens with two attached hydrogens (primary N) is 1. The number of sulfone groups is 1. The smallest absolute Gasteiger partial charge is 0.242 e. The van der Waals surface area contributed by atoms with E-state index >= 15 is 0 Å². The highest BCUT2D eigenvalue weighted by Gasteiger charge is 2.37. The largest absolute Gasteiger partial charge is 0.379 e. The van der Waals surface area contributed by atoms with Crippen molar-refractivity contribution >= 4 is 15.7 Å². The minimum Gasteiger partial charge on any atom is -0.379 e. The molecule has 0 aromatic carbocycles. The summed E-state index contributed by atoms with van der Waals surface area (Å²) in [5, 5.41) is 2.50. The molecule has 1 unspecified atom stereocenters. The number of hydrogen-bond acceptors (Lipinski definition) is 5. The van der Waals surface area contributed by atoms with Crippen molar-refractivity contribution in [3.05, 3.63) is 0 Å². The topological polar surface area (TPSA) is 98.5 Å². The normalized spacial score (nSPS) is 26.5. The van der Waals surface area contributed by atoms with E-state index in [4.69, 9.17) is 10.5 Å². The van der Waals surface area contributed by atoms with Gasteiger partial charge in [0.2, 0.25) is 5.91 Å². The van der Waals surface area contributed by atoms with E-state index in [2.05, 4.69) is 5.32 Å². The standard InChI is InChI=1S/C8H16N2O4S/c1-15(12,13)5-3-10-7(11)8(9)2-4-14-6-8/h2-6,9H2,1H3,(H,10,11). The molecular formula is C8H16N2O4S. The SMILES string of the molecule is CS(=O)(=O)CCNC(=O)C1(N)CCOC1. The molecule has 1 heterocycles. The van der Waals surface area contributed by atoms with Crippen molar-refractivity contribution in [2.24, 2.45) is 5.73 Å². The highest BCUT2D eigenvalue weighted by atomic mass is 32.2. The minimum absolute atomic E-state index is 0.0737. The van der Waals surface area contributed by atoms with Crippen molar-refractivity contribution in [3.63, 3.8) is 0 Å². The van der Waals surface area contributed by atoms with E-state index in [0.29, 0.717) is 13.0 Å². The fourth-order valence-electron chi connectivity index (χ4n) is 1.29. The molecule has 0 bridgehead atoms. The molecule has 88 valence electrons. The highest BCUT2D eigenvalue weighted by Crippen LogP contribution is 2.14. The number of carbonyl (C=O) groups excluding carboxylic acids is 1. The maximum Gasteiger partial charge on any atom is 0.242 e. The van der Waals surface area contributed by atoms with Crippen molar-refractivity contribution < 1.29 is 17.9 Å². The van der Waals surface area contributed by atoms with Gasteiger partial charge >= 0.3 is 0 Å². The molecule has 1 rings (SSSR count). The summed E-state index contributed by atoms with van der Waals surface area (Å²) in [5.74, 6) is -0.418. The molecule has 0 saturated carbocycles. The van der Waals surface area contributed by atoms with E-state index in [1.807, 2.05) is 0 Å². The zero-order chi connectivity index (χ0) is 11.5. The predicted molar refractivity (Wildman–Crippen MR) is 55.1 cm³/mol. The molecule has 0 spiro atoms. The molecule has 0 radical (unpaired) electrons. The van der Waals surface area contributed by atoms with Crippen molar-refractivity contribution in [2.75, 3.05) is 31.8 Å². The molecule has 1 aliphatic rings. The summed E-state index contributed by atoms with van der Waals surface area (Å²) in [7, 11) is -3.05. The van der Waals surface area contributed by atoms with Crippen molar-refractivity contribution in [1.29, 1.82) is 0 Å². The Labute approximate surface area is 89.1 Å². The summed E-state index contributed by atoms with van der Waals surface area (Å²) in [6.07, 6.45) is 1.59. The lowest BCUT2D eigenvalue weighted by molar-refractivity contribution is -0.126. The second kappa shape index (κ2) is 4.46. The fourth-order valence-corrected chi connectivity index (χ4v) is 1.76. The van der Waals surface area contributed by atoms with Crippen molar-refractivity contribution in [1.82, 2.24) is 5.32 Å². The maximum atomic E-state index is 11.5. The van der Waals surface area contributed by atoms with Crippen LogP contribution >= 0.6 is 0 Å². The minimum atomic E-state index is -3.05. The zero-order valence-corrected chi connectivity index (χ0v) is 9.47. The third kappa shape index (κ3) is 3.77. The van der Waals surface area contributed by atoms with Crippen LogP contribution in [0.5, 0.6) is 0 Å². The summed E-state index contributed by atoms with van der Waals surface area (Å²) < 4.78 is 26.6. The van der Waals surface area contributed by atoms with Crippen LogP contribution in [0, 0.1) is 0 Å². The second-order valence-corrected chi connectivity index (χ2v) is 6.10. The zero-order valence-electron chi connectivity index (χ0n) is 8.65. The summed E-state index contributed by atoms with van der Waals surface area (Å²) >= 11 is 0. The number of ether oxygens (including phenoxy) is 1. The van der Waals surface area contributed by atoms with Crippen LogP contribution in [0.4, 0.5) is 0 Å². The summed E-state index contributed by atoms with van der Waals surface area (Å²) in [6.45, 7) is 0.754. The van der Waals surface area contributed by atoms with Gasteiger partial charge in [0, 0.05) is 19.4 Å². The third-order valence-corrected chi connectivity index (χ3v) is 3.21. The molecular weight excluding hydrogens is 220 g/mol. The Morgan fingerprint density at radius 2 is 2.27 bits per heavy atom. The van der Waals surface area contributed by atoms with Crippen molar-refractivity contribution in [2.45, 2.75) is 12.0 Å². The molecule has 6 nitrogen and oxygen atoms in total. The molecule has 1 amide bonds. The number of amides is 1. The van der Waals surface area contributed by atoms with Crippen LogP contribution in [0.2, 0.25) is 0 Å². The Kier molecular flexibility index (Phi) is 3.69. The number of carbonyl (C=O) groups is 1. The molecule has 15 heavy (non-hydrogen) atoms. The highest BCUT2D eigenvalue weighted by molar-refractivity contribution is 7.90. The quantitative estimate of drug-likeness (QED) is 0.604. The fraction of sp³-hybridized carbons (Fsp3) is 0.875. The van der Waals surface area contributed by atoms with Gasteiger partial charge in [0.05, 0.1) is 12.4 Å². The lowest BCUT2D eigenvalue weighted by Crippen LogP contribution is -2.55. The number of hydrogen-bond donors (Lipinski definition) is 2. The Balaban J connectivity index is 2.36. The average Bonchev–Trinajstić information content (AvgIpc) is 2.51. The molecule has 0 aromatic rings. The van der Waals surface area contributed by atoms with E-state index in [9.17, 15) is 13.2 Å². The molecule has 1 fully saturated rings. The molecule has 1 atom stereocenters. The second-order valence-electron chi connectivity index (χ2n) is 3.84. The van der Waals surface area contributed by atoms with Gasteiger partial charge in [0.1, 0.15) is 15.4 Å². The summed E-state index contributed by atoms with van der Waals surface area (Å²) in [6, 6.07) is 0. The van der Waals surface area contributed by atoms with Crippen LogP contribution in [-0.4, -0.2) is 51.6 Å². The average molecular weight is 236 g/mol. The maximum absolute atomic E-state index is 11.5. The number of rotatable bonds is 4. The monoisotopic (exact) mass is 236 g/mol. The molecule has 1 aliphatic heterocycles. The van der Waals surface area contributed by atoms with Gasteiger partial charge in [0.15, 0.2) is 0 Å². The molecule has 7 heteroatoms. The van der Waals surface area contributed by atoms with Crippen LogP contribution in [0.15, 0.2) is 0 Å². The van der Waals surface area contributed by atoms with E-state index in [-0.39, 0.29) is 24.8 Å². The van der Waals surface area contributed by atoms with Gasteiger partial charge in [0.25, 0.3) is 0 Å². The Hall–Kier alpha value is -0.660. The summed E-state index contributed by atoms with van der Waals surface area (Å²) in [5.41, 5.74) is 4.78. The van der Waals surface area contributed by atoms with Crippen LogP contribution < -0.4 is 11.1 Å². The lowest BCUT2D eigenvalue weighted by atomic mass is 9.99. The van der Waals surface area contributed by atoms with Crippen LogP contribution in [0.3, 0.4) is 0 Å². The van der Waals surface area contributed by atoms with E-state index in [1.165, 1.54) is 0 Å². The first-order valence-corrected chi connectivity index (χ1v) is 6.72. The van der Waals surface area contributed by atoms with Crippen LogP contribution in [-0.2, 0) is 19.4 Å². The lowest BCUT2D eigenvalue weighted by Gasteiger charge is -2.20. The molecule has 0 aliphatic carbocycles. The van der Waals surface area contributed by atoms with Gasteiger partial charge < -0.3 is 15.8 Å². The van der Waals surface area contributed by atoms with Gasteiger partial charge in [-0.25, -0.2) is 8.42 Å². The van der Waals surface area contributed by atoms with Crippen LogP contribution in [0.25, 0.3) is 0 Å². The van der Waals surface area contributed by atoms with E-state index < -0.39 is 15.4 Å². The van der Waals surface area contributed by atoms with E-state index in [0.717, 1.165) is 6.26 Å². The van der Waals surface area contributed by atoms with Gasteiger partial charge in [-0.15, -0.1) is 0 Å².